The highest BCUT2D eigenvalue weighted by Crippen LogP contribution is 2.39. The fourth-order valence-electron chi connectivity index (χ4n) is 2.96. The zero-order valence-corrected chi connectivity index (χ0v) is 13.5. The highest BCUT2D eigenvalue weighted by atomic mass is 19.1. The van der Waals surface area contributed by atoms with Crippen molar-refractivity contribution in [2.24, 2.45) is 0 Å². The number of benzene rings is 2. The molecule has 0 saturated heterocycles. The summed E-state index contributed by atoms with van der Waals surface area (Å²) >= 11 is 0. The van der Waals surface area contributed by atoms with E-state index >= 15 is 0 Å². The monoisotopic (exact) mass is 334 g/mol. The number of hydrogen-bond acceptors (Lipinski definition) is 3. The molecular weight excluding hydrogens is 319 g/mol. The number of hydrogen-bond donors (Lipinski definition) is 1. The Bertz CT molecular complexity index is 1110. The fraction of sp³-hybridized carbons (Fsp3) is 0.100. The van der Waals surface area contributed by atoms with Crippen molar-refractivity contribution >= 4 is 11.1 Å². The third kappa shape index (κ3) is 2.54. The Morgan fingerprint density at radius 3 is 2.60 bits per heavy atom. The third-order valence-corrected chi connectivity index (χ3v) is 4.26. The van der Waals surface area contributed by atoms with Gasteiger partial charge in [-0.05, 0) is 29.7 Å². The number of H-pyrrole nitrogens is 1. The van der Waals surface area contributed by atoms with Crippen molar-refractivity contribution in [3.63, 3.8) is 0 Å². The van der Waals surface area contributed by atoms with Crippen LogP contribution in [0.25, 0.3) is 33.6 Å². The Labute approximate surface area is 143 Å². The number of halogens is 1. The van der Waals surface area contributed by atoms with E-state index in [0.29, 0.717) is 22.3 Å². The van der Waals surface area contributed by atoms with Gasteiger partial charge in [-0.3, -0.25) is 4.79 Å². The quantitative estimate of drug-likeness (QED) is 0.598. The predicted octanol–water partition coefficient (Wildman–Crippen LogP) is 4.55. The van der Waals surface area contributed by atoms with E-state index in [1.807, 2.05) is 24.3 Å². The molecule has 2 aromatic heterocycles. The smallest absolute Gasteiger partial charge is 0.262 e. The van der Waals surface area contributed by atoms with E-state index in [1.165, 1.54) is 18.0 Å². The minimum Gasteiger partial charge on any atom is -0.437 e. The molecule has 0 fully saturated rings. The van der Waals surface area contributed by atoms with Gasteiger partial charge in [-0.1, -0.05) is 43.3 Å². The van der Waals surface area contributed by atoms with Crippen molar-refractivity contribution in [2.45, 2.75) is 13.3 Å². The number of aromatic nitrogens is 2. The Balaban J connectivity index is 2.08. The second-order valence-electron chi connectivity index (χ2n) is 5.75. The van der Waals surface area contributed by atoms with Crippen molar-refractivity contribution < 1.29 is 8.81 Å². The molecule has 4 rings (SSSR count). The SMILES string of the molecule is CCc1ccc(-c2c(-c3ccccc3F)oc3nc[nH]c(=O)c23)cc1. The van der Waals surface area contributed by atoms with Crippen LogP contribution < -0.4 is 5.56 Å². The molecule has 0 amide bonds. The van der Waals surface area contributed by atoms with Gasteiger partial charge in [0, 0.05) is 5.56 Å². The average molecular weight is 334 g/mol. The maximum atomic E-state index is 14.4. The first-order valence-electron chi connectivity index (χ1n) is 8.03. The second kappa shape index (κ2) is 6.02. The van der Waals surface area contributed by atoms with E-state index in [4.69, 9.17) is 4.42 Å². The maximum absolute atomic E-state index is 14.4. The van der Waals surface area contributed by atoms with Crippen molar-refractivity contribution in [2.75, 3.05) is 0 Å². The summed E-state index contributed by atoms with van der Waals surface area (Å²) in [5, 5.41) is 0.324. The van der Waals surface area contributed by atoms with Crippen LogP contribution in [0.1, 0.15) is 12.5 Å². The van der Waals surface area contributed by atoms with Gasteiger partial charge in [-0.15, -0.1) is 0 Å². The first-order chi connectivity index (χ1) is 12.2. The average Bonchev–Trinajstić information content (AvgIpc) is 3.03. The summed E-state index contributed by atoms with van der Waals surface area (Å²) in [6.07, 6.45) is 2.19. The molecule has 0 spiro atoms. The number of nitrogens with one attached hydrogen (secondary N) is 1. The van der Waals surface area contributed by atoms with Crippen LogP contribution in [0, 0.1) is 5.82 Å². The van der Waals surface area contributed by atoms with E-state index in [-0.39, 0.29) is 11.3 Å². The molecule has 5 heteroatoms. The van der Waals surface area contributed by atoms with Crippen LogP contribution in [0.3, 0.4) is 0 Å². The van der Waals surface area contributed by atoms with Gasteiger partial charge in [0.25, 0.3) is 5.56 Å². The lowest BCUT2D eigenvalue weighted by Gasteiger charge is -2.05. The molecule has 0 unspecified atom stereocenters. The summed E-state index contributed by atoms with van der Waals surface area (Å²) in [7, 11) is 0. The molecule has 0 saturated carbocycles. The standard InChI is InChI=1S/C20H15FN2O2/c1-2-12-7-9-13(10-8-12)16-17-19(24)22-11-23-20(17)25-18(16)14-5-3-4-6-15(14)21/h3-11H,2H2,1H3,(H,22,23,24). The van der Waals surface area contributed by atoms with Gasteiger partial charge in [-0.25, -0.2) is 9.37 Å². The Morgan fingerprint density at radius 2 is 1.88 bits per heavy atom. The largest absolute Gasteiger partial charge is 0.437 e. The number of aryl methyl sites for hydroxylation is 1. The Morgan fingerprint density at radius 1 is 1.12 bits per heavy atom. The Hall–Kier alpha value is -3.21. The highest BCUT2D eigenvalue weighted by molar-refractivity contribution is 5.99. The number of aromatic amines is 1. The molecule has 25 heavy (non-hydrogen) atoms. The van der Waals surface area contributed by atoms with Crippen LogP contribution in [0.5, 0.6) is 0 Å². The van der Waals surface area contributed by atoms with E-state index in [0.717, 1.165) is 12.0 Å². The van der Waals surface area contributed by atoms with Gasteiger partial charge in [0.2, 0.25) is 5.71 Å². The summed E-state index contributed by atoms with van der Waals surface area (Å²) in [5.41, 5.74) is 2.69. The van der Waals surface area contributed by atoms with Gasteiger partial charge < -0.3 is 9.40 Å². The van der Waals surface area contributed by atoms with Crippen molar-refractivity contribution in [1.29, 1.82) is 0 Å². The maximum Gasteiger partial charge on any atom is 0.262 e. The minimum absolute atomic E-state index is 0.191. The van der Waals surface area contributed by atoms with Gasteiger partial charge >= 0.3 is 0 Å². The fourth-order valence-corrected chi connectivity index (χ4v) is 2.96. The van der Waals surface area contributed by atoms with Crippen molar-refractivity contribution in [1.82, 2.24) is 9.97 Å². The molecule has 4 aromatic rings. The molecule has 4 nitrogen and oxygen atoms in total. The van der Waals surface area contributed by atoms with Crippen molar-refractivity contribution in [3.05, 3.63) is 76.6 Å². The van der Waals surface area contributed by atoms with E-state index in [2.05, 4.69) is 16.9 Å². The lowest BCUT2D eigenvalue weighted by atomic mass is 9.98. The van der Waals surface area contributed by atoms with Crippen LogP contribution in [-0.4, -0.2) is 9.97 Å². The number of furan rings is 1. The number of fused-ring (bicyclic) bond motifs is 1. The molecule has 0 aliphatic rings. The van der Waals surface area contributed by atoms with Crippen LogP contribution in [0.2, 0.25) is 0 Å². The molecule has 1 N–H and O–H groups in total. The molecule has 124 valence electrons. The zero-order valence-electron chi connectivity index (χ0n) is 13.5. The van der Waals surface area contributed by atoms with Gasteiger partial charge in [0.05, 0.1) is 11.9 Å². The lowest BCUT2D eigenvalue weighted by molar-refractivity contribution is 0.595. The Kier molecular flexibility index (Phi) is 3.69. The highest BCUT2D eigenvalue weighted by Gasteiger charge is 2.22. The van der Waals surface area contributed by atoms with Crippen molar-refractivity contribution in [3.8, 4) is 22.5 Å². The number of rotatable bonds is 3. The molecule has 0 atom stereocenters. The molecule has 2 heterocycles. The van der Waals surface area contributed by atoms with Crippen LogP contribution in [-0.2, 0) is 6.42 Å². The minimum atomic E-state index is -0.413. The topological polar surface area (TPSA) is 58.9 Å². The first kappa shape index (κ1) is 15.3. The molecule has 0 radical (unpaired) electrons. The molecule has 2 aromatic carbocycles. The summed E-state index contributed by atoms with van der Waals surface area (Å²) in [6, 6.07) is 14.2. The van der Waals surface area contributed by atoms with Crippen LogP contribution in [0.4, 0.5) is 4.39 Å². The van der Waals surface area contributed by atoms with Gasteiger partial charge in [0.15, 0.2) is 0 Å². The van der Waals surface area contributed by atoms with Gasteiger partial charge in [0.1, 0.15) is 17.0 Å². The summed E-state index contributed by atoms with van der Waals surface area (Å²) < 4.78 is 20.1. The summed E-state index contributed by atoms with van der Waals surface area (Å²) in [4.78, 5) is 19.0. The molecular formula is C20H15FN2O2. The first-order valence-corrected chi connectivity index (χ1v) is 8.03. The summed E-state index contributed by atoms with van der Waals surface area (Å²) in [6.45, 7) is 2.07. The van der Waals surface area contributed by atoms with E-state index in [9.17, 15) is 9.18 Å². The van der Waals surface area contributed by atoms with E-state index in [1.54, 1.807) is 18.2 Å². The second-order valence-corrected chi connectivity index (χ2v) is 5.75. The lowest BCUT2D eigenvalue weighted by Crippen LogP contribution is -2.05. The number of nitrogens with zero attached hydrogens (tertiary/aromatic N) is 1. The molecule has 0 bridgehead atoms. The third-order valence-electron chi connectivity index (χ3n) is 4.26. The van der Waals surface area contributed by atoms with Crippen LogP contribution in [0.15, 0.2) is 64.1 Å². The van der Waals surface area contributed by atoms with E-state index < -0.39 is 5.82 Å². The molecule has 0 aliphatic carbocycles. The normalized spacial score (nSPS) is 11.1. The molecule has 0 aliphatic heterocycles. The predicted molar refractivity (Wildman–Crippen MR) is 94.8 cm³/mol. The van der Waals surface area contributed by atoms with Crippen LogP contribution >= 0.6 is 0 Å². The summed E-state index contributed by atoms with van der Waals surface area (Å²) in [5.74, 6) is -0.106. The zero-order chi connectivity index (χ0) is 17.4. The van der Waals surface area contributed by atoms with Gasteiger partial charge in [-0.2, -0.15) is 0 Å².